The number of halogens is 1. The quantitative estimate of drug-likeness (QED) is 0.790. The Labute approximate surface area is 109 Å². The molecular formula is C13H14BrNS. The van der Waals surface area contributed by atoms with Gasteiger partial charge in [-0.25, -0.2) is 4.98 Å². The van der Waals surface area contributed by atoms with E-state index in [2.05, 4.69) is 58.3 Å². The van der Waals surface area contributed by atoms with Crippen LogP contribution in [0.5, 0.6) is 0 Å². The third-order valence-electron chi connectivity index (χ3n) is 2.41. The molecule has 0 atom stereocenters. The van der Waals surface area contributed by atoms with Crippen LogP contribution in [0.4, 0.5) is 0 Å². The van der Waals surface area contributed by atoms with Crippen LogP contribution in [0.25, 0.3) is 10.6 Å². The number of hydrogen-bond acceptors (Lipinski definition) is 2. The lowest BCUT2D eigenvalue weighted by atomic mass is 10.1. The lowest BCUT2D eigenvalue weighted by molar-refractivity contribution is 0.893. The predicted octanol–water partition coefficient (Wildman–Crippen LogP) is 4.83. The molecule has 0 aliphatic heterocycles. The molecule has 1 aromatic heterocycles. The highest BCUT2D eigenvalue weighted by Gasteiger charge is 2.07. The second-order valence-corrected chi connectivity index (χ2v) is 5.59. The van der Waals surface area contributed by atoms with Crippen LogP contribution >= 0.6 is 27.3 Å². The topological polar surface area (TPSA) is 12.9 Å². The average Bonchev–Trinajstić information content (AvgIpc) is 2.67. The van der Waals surface area contributed by atoms with Crippen molar-refractivity contribution in [3.63, 3.8) is 0 Å². The monoisotopic (exact) mass is 295 g/mol. The molecule has 0 aliphatic carbocycles. The van der Waals surface area contributed by atoms with Gasteiger partial charge in [0.2, 0.25) is 0 Å². The summed E-state index contributed by atoms with van der Waals surface area (Å²) in [5.41, 5.74) is 3.66. The molecule has 0 saturated heterocycles. The number of hydrogen-bond donors (Lipinski definition) is 0. The van der Waals surface area contributed by atoms with E-state index >= 15 is 0 Å². The Morgan fingerprint density at radius 1 is 1.38 bits per heavy atom. The van der Waals surface area contributed by atoms with Crippen LogP contribution in [0.2, 0.25) is 0 Å². The maximum atomic E-state index is 4.65. The normalized spacial score (nSPS) is 10.7. The summed E-state index contributed by atoms with van der Waals surface area (Å²) < 4.78 is 1.13. The first-order valence-electron chi connectivity index (χ1n) is 5.41. The predicted molar refractivity (Wildman–Crippen MR) is 74.0 cm³/mol. The molecule has 2 aromatic rings. The fourth-order valence-corrected chi connectivity index (χ4v) is 3.30. The largest absolute Gasteiger partial charge is 0.241 e. The molecule has 0 amide bonds. The Hall–Kier alpha value is -0.670. The first-order chi connectivity index (χ1) is 7.70. The fraction of sp³-hybridized carbons (Fsp3) is 0.308. The van der Waals surface area contributed by atoms with E-state index in [0.717, 1.165) is 22.3 Å². The second-order valence-electron chi connectivity index (χ2n) is 3.88. The smallest absolute Gasteiger partial charge is 0.124 e. The van der Waals surface area contributed by atoms with Crippen LogP contribution in [0.3, 0.4) is 0 Å². The van der Waals surface area contributed by atoms with Crippen molar-refractivity contribution in [1.82, 2.24) is 4.98 Å². The minimum Gasteiger partial charge on any atom is -0.241 e. The van der Waals surface area contributed by atoms with Crippen molar-refractivity contribution in [3.05, 3.63) is 39.3 Å². The molecule has 0 fully saturated rings. The summed E-state index contributed by atoms with van der Waals surface area (Å²) in [5.74, 6) is 0. The van der Waals surface area contributed by atoms with Gasteiger partial charge in [0.25, 0.3) is 0 Å². The SMILES string of the molecule is CCCc1csc(-c2ccc(C)cc2Br)n1. The third-order valence-corrected chi connectivity index (χ3v) is 3.99. The Balaban J connectivity index is 2.35. The Kier molecular flexibility index (Phi) is 3.77. The van der Waals surface area contributed by atoms with E-state index in [0.29, 0.717) is 0 Å². The van der Waals surface area contributed by atoms with Crippen molar-refractivity contribution in [3.8, 4) is 10.6 Å². The first kappa shape index (κ1) is 11.8. The average molecular weight is 296 g/mol. The molecule has 0 spiro atoms. The number of thiazole rings is 1. The van der Waals surface area contributed by atoms with E-state index < -0.39 is 0 Å². The molecule has 1 aromatic carbocycles. The van der Waals surface area contributed by atoms with Gasteiger partial charge in [0.15, 0.2) is 0 Å². The molecular weight excluding hydrogens is 282 g/mol. The van der Waals surface area contributed by atoms with Gasteiger partial charge in [-0.05, 0) is 25.0 Å². The van der Waals surface area contributed by atoms with Gasteiger partial charge in [-0.3, -0.25) is 0 Å². The van der Waals surface area contributed by atoms with E-state index in [1.165, 1.54) is 16.8 Å². The maximum absolute atomic E-state index is 4.65. The summed E-state index contributed by atoms with van der Waals surface area (Å²) in [7, 11) is 0. The van der Waals surface area contributed by atoms with Crippen molar-refractivity contribution in [2.24, 2.45) is 0 Å². The molecule has 16 heavy (non-hydrogen) atoms. The number of nitrogens with zero attached hydrogens (tertiary/aromatic N) is 1. The van der Waals surface area contributed by atoms with E-state index in [9.17, 15) is 0 Å². The zero-order valence-electron chi connectivity index (χ0n) is 9.46. The fourth-order valence-electron chi connectivity index (χ4n) is 1.60. The highest BCUT2D eigenvalue weighted by Crippen LogP contribution is 2.31. The van der Waals surface area contributed by atoms with Crippen LogP contribution in [0.1, 0.15) is 24.6 Å². The van der Waals surface area contributed by atoms with Crippen molar-refractivity contribution in [1.29, 1.82) is 0 Å². The molecule has 84 valence electrons. The Bertz CT molecular complexity index is 490. The van der Waals surface area contributed by atoms with Crippen molar-refractivity contribution in [2.75, 3.05) is 0 Å². The third kappa shape index (κ3) is 2.53. The van der Waals surface area contributed by atoms with Crippen molar-refractivity contribution in [2.45, 2.75) is 26.7 Å². The molecule has 1 nitrogen and oxygen atoms in total. The van der Waals surface area contributed by atoms with Gasteiger partial charge in [0.05, 0.1) is 5.69 Å². The van der Waals surface area contributed by atoms with Gasteiger partial charge in [-0.15, -0.1) is 11.3 Å². The Morgan fingerprint density at radius 3 is 2.88 bits per heavy atom. The standard InChI is InChI=1S/C13H14BrNS/c1-3-4-10-8-16-13(15-10)11-6-5-9(2)7-12(11)14/h5-8H,3-4H2,1-2H3. The number of aromatic nitrogens is 1. The van der Waals surface area contributed by atoms with E-state index in [1.807, 2.05) is 0 Å². The molecule has 0 radical (unpaired) electrons. The van der Waals surface area contributed by atoms with E-state index in [4.69, 9.17) is 0 Å². The number of benzene rings is 1. The van der Waals surface area contributed by atoms with Crippen LogP contribution in [-0.4, -0.2) is 4.98 Å². The highest BCUT2D eigenvalue weighted by molar-refractivity contribution is 9.10. The van der Waals surface area contributed by atoms with Crippen LogP contribution in [0.15, 0.2) is 28.1 Å². The molecule has 0 bridgehead atoms. The van der Waals surface area contributed by atoms with Gasteiger partial charge in [-0.1, -0.05) is 41.4 Å². The molecule has 2 rings (SSSR count). The van der Waals surface area contributed by atoms with E-state index in [1.54, 1.807) is 11.3 Å². The summed E-state index contributed by atoms with van der Waals surface area (Å²) >= 11 is 5.32. The van der Waals surface area contributed by atoms with Crippen molar-refractivity contribution < 1.29 is 0 Å². The number of aryl methyl sites for hydroxylation is 2. The molecule has 0 aliphatic rings. The zero-order valence-corrected chi connectivity index (χ0v) is 11.9. The Morgan fingerprint density at radius 2 is 2.19 bits per heavy atom. The van der Waals surface area contributed by atoms with Gasteiger partial charge < -0.3 is 0 Å². The number of rotatable bonds is 3. The molecule has 0 N–H and O–H groups in total. The summed E-state index contributed by atoms with van der Waals surface area (Å²) in [5, 5.41) is 3.26. The molecule has 0 saturated carbocycles. The maximum Gasteiger partial charge on any atom is 0.124 e. The van der Waals surface area contributed by atoms with Gasteiger partial charge in [-0.2, -0.15) is 0 Å². The molecule has 3 heteroatoms. The minimum atomic E-state index is 1.07. The first-order valence-corrected chi connectivity index (χ1v) is 7.09. The van der Waals surface area contributed by atoms with Crippen LogP contribution in [-0.2, 0) is 6.42 Å². The van der Waals surface area contributed by atoms with Crippen molar-refractivity contribution >= 4 is 27.3 Å². The summed E-state index contributed by atoms with van der Waals surface area (Å²) in [4.78, 5) is 4.65. The second kappa shape index (κ2) is 5.11. The lowest BCUT2D eigenvalue weighted by Crippen LogP contribution is -1.84. The van der Waals surface area contributed by atoms with Crippen LogP contribution < -0.4 is 0 Å². The summed E-state index contributed by atoms with van der Waals surface area (Å²) in [6, 6.07) is 6.39. The van der Waals surface area contributed by atoms with Crippen LogP contribution in [0, 0.1) is 6.92 Å². The summed E-state index contributed by atoms with van der Waals surface area (Å²) in [6.45, 7) is 4.28. The lowest BCUT2D eigenvalue weighted by Gasteiger charge is -2.01. The van der Waals surface area contributed by atoms with Gasteiger partial charge >= 0.3 is 0 Å². The van der Waals surface area contributed by atoms with Gasteiger partial charge in [0.1, 0.15) is 5.01 Å². The highest BCUT2D eigenvalue weighted by atomic mass is 79.9. The van der Waals surface area contributed by atoms with Gasteiger partial charge in [0, 0.05) is 15.4 Å². The minimum absolute atomic E-state index is 1.07. The molecule has 0 unspecified atom stereocenters. The molecule has 1 heterocycles. The van der Waals surface area contributed by atoms with E-state index in [-0.39, 0.29) is 0 Å². The summed E-state index contributed by atoms with van der Waals surface area (Å²) in [6.07, 6.45) is 2.22. The zero-order chi connectivity index (χ0) is 11.5.